The Morgan fingerprint density at radius 2 is 1.74 bits per heavy atom. The van der Waals surface area contributed by atoms with E-state index in [2.05, 4.69) is 5.16 Å². The van der Waals surface area contributed by atoms with Crippen molar-refractivity contribution >= 4 is 47.0 Å². The third-order valence-electron chi connectivity index (χ3n) is 2.69. The highest BCUT2D eigenvalue weighted by Gasteiger charge is 2.04. The van der Waals surface area contributed by atoms with Crippen molar-refractivity contribution < 1.29 is 14.4 Å². The van der Waals surface area contributed by atoms with Crippen LogP contribution in [-0.2, 0) is 16.2 Å². The average molecular weight is 373 g/mol. The number of benzene rings is 2. The SMILES string of the molecule is O=C(C/C=N/OCc1ccc(Cl)cc1Cl)Oc1ccc(Cl)cc1. The summed E-state index contributed by atoms with van der Waals surface area (Å²) in [5.74, 6) is -0.0362. The Balaban J connectivity index is 1.73. The third kappa shape index (κ3) is 6.10. The quantitative estimate of drug-likeness (QED) is 0.305. The van der Waals surface area contributed by atoms with E-state index in [1.165, 1.54) is 6.21 Å². The van der Waals surface area contributed by atoms with Gasteiger partial charge in [0, 0.05) is 20.6 Å². The Morgan fingerprint density at radius 3 is 2.43 bits per heavy atom. The van der Waals surface area contributed by atoms with Crippen molar-refractivity contribution in [3.05, 3.63) is 63.1 Å². The maximum Gasteiger partial charge on any atom is 0.316 e. The number of esters is 1. The lowest BCUT2D eigenvalue weighted by atomic mass is 10.2. The lowest BCUT2D eigenvalue weighted by Gasteiger charge is -2.03. The molecule has 0 spiro atoms. The molecule has 0 fully saturated rings. The summed E-state index contributed by atoms with van der Waals surface area (Å²) in [5.41, 5.74) is 0.747. The molecule has 120 valence electrons. The van der Waals surface area contributed by atoms with Gasteiger partial charge in [-0.25, -0.2) is 0 Å². The Morgan fingerprint density at radius 1 is 1.04 bits per heavy atom. The number of nitrogens with zero attached hydrogens (tertiary/aromatic N) is 1. The maximum atomic E-state index is 11.6. The van der Waals surface area contributed by atoms with E-state index >= 15 is 0 Å². The fourth-order valence-corrected chi connectivity index (χ4v) is 2.17. The standard InChI is InChI=1S/C16H12Cl3NO3/c17-12-3-5-14(6-4-12)23-16(21)7-8-20-22-10-11-1-2-13(18)9-15(11)19/h1-6,8-9H,7,10H2/b20-8+. The van der Waals surface area contributed by atoms with E-state index in [1.54, 1.807) is 42.5 Å². The van der Waals surface area contributed by atoms with E-state index in [0.717, 1.165) is 5.56 Å². The molecule has 0 heterocycles. The van der Waals surface area contributed by atoms with Crippen LogP contribution in [0.15, 0.2) is 47.6 Å². The van der Waals surface area contributed by atoms with E-state index < -0.39 is 5.97 Å². The third-order valence-corrected chi connectivity index (χ3v) is 3.53. The normalized spacial score (nSPS) is 10.7. The van der Waals surface area contributed by atoms with Crippen molar-refractivity contribution in [3.8, 4) is 5.75 Å². The summed E-state index contributed by atoms with van der Waals surface area (Å²) in [6, 6.07) is 11.6. The fraction of sp³-hybridized carbons (Fsp3) is 0.125. The van der Waals surface area contributed by atoms with Gasteiger partial charge in [-0.2, -0.15) is 0 Å². The van der Waals surface area contributed by atoms with Crippen LogP contribution in [0.4, 0.5) is 0 Å². The fourth-order valence-electron chi connectivity index (χ4n) is 1.59. The van der Waals surface area contributed by atoms with Gasteiger partial charge in [0.05, 0.1) is 12.6 Å². The molecule has 0 unspecified atom stereocenters. The van der Waals surface area contributed by atoms with Gasteiger partial charge in [0.1, 0.15) is 12.4 Å². The number of hydrogen-bond acceptors (Lipinski definition) is 4. The van der Waals surface area contributed by atoms with E-state index in [0.29, 0.717) is 20.8 Å². The van der Waals surface area contributed by atoms with Crippen LogP contribution in [0, 0.1) is 0 Å². The molecule has 0 N–H and O–H groups in total. The average Bonchev–Trinajstić information content (AvgIpc) is 2.51. The Kier molecular flexibility index (Phi) is 6.71. The molecule has 0 amide bonds. The van der Waals surface area contributed by atoms with Crippen LogP contribution in [0.5, 0.6) is 5.75 Å². The van der Waals surface area contributed by atoms with Crippen LogP contribution in [0.3, 0.4) is 0 Å². The lowest BCUT2D eigenvalue weighted by molar-refractivity contribution is -0.132. The van der Waals surface area contributed by atoms with Gasteiger partial charge in [-0.3, -0.25) is 4.79 Å². The zero-order valence-corrected chi connectivity index (χ0v) is 14.1. The Bertz CT molecular complexity index is 702. The van der Waals surface area contributed by atoms with Crippen LogP contribution in [0.2, 0.25) is 15.1 Å². The minimum absolute atomic E-state index is 0.0169. The highest BCUT2D eigenvalue weighted by molar-refractivity contribution is 6.35. The van der Waals surface area contributed by atoms with E-state index in [-0.39, 0.29) is 13.0 Å². The van der Waals surface area contributed by atoms with Gasteiger partial charge >= 0.3 is 5.97 Å². The summed E-state index contributed by atoms with van der Waals surface area (Å²) in [6.45, 7) is 0.179. The summed E-state index contributed by atoms with van der Waals surface area (Å²) in [7, 11) is 0. The Labute approximate surface area is 148 Å². The van der Waals surface area contributed by atoms with Gasteiger partial charge in [-0.05, 0) is 36.4 Å². The second-order valence-corrected chi connectivity index (χ2v) is 5.71. The summed E-state index contributed by atoms with van der Waals surface area (Å²) >= 11 is 17.5. The molecule has 0 saturated heterocycles. The minimum atomic E-state index is -0.454. The van der Waals surface area contributed by atoms with Crippen molar-refractivity contribution in [1.82, 2.24) is 0 Å². The van der Waals surface area contributed by atoms with Crippen molar-refractivity contribution in [3.63, 3.8) is 0 Å². The molecule has 2 aromatic rings. The number of ether oxygens (including phenoxy) is 1. The van der Waals surface area contributed by atoms with Crippen molar-refractivity contribution in [2.24, 2.45) is 5.16 Å². The first-order chi connectivity index (χ1) is 11.0. The number of carbonyl (C=O) groups is 1. The molecule has 0 aliphatic carbocycles. The first-order valence-electron chi connectivity index (χ1n) is 6.58. The predicted octanol–water partition coefficient (Wildman–Crippen LogP) is 5.14. The van der Waals surface area contributed by atoms with Gasteiger partial charge in [0.2, 0.25) is 0 Å². The van der Waals surface area contributed by atoms with E-state index in [1.807, 2.05) is 0 Å². The van der Waals surface area contributed by atoms with Crippen molar-refractivity contribution in [2.75, 3.05) is 0 Å². The molecule has 0 saturated carbocycles. The molecule has 0 bridgehead atoms. The van der Waals surface area contributed by atoms with Crippen LogP contribution in [0.25, 0.3) is 0 Å². The summed E-state index contributed by atoms with van der Waals surface area (Å²) < 4.78 is 5.09. The van der Waals surface area contributed by atoms with E-state index in [4.69, 9.17) is 44.4 Å². The maximum absolute atomic E-state index is 11.6. The number of oxime groups is 1. The first kappa shape index (κ1) is 17.6. The number of hydrogen-bond donors (Lipinski definition) is 0. The summed E-state index contributed by atoms with van der Waals surface area (Å²) in [6.07, 6.45) is 1.30. The lowest BCUT2D eigenvalue weighted by Crippen LogP contribution is -2.08. The second kappa shape index (κ2) is 8.77. The highest BCUT2D eigenvalue weighted by Crippen LogP contribution is 2.21. The second-order valence-electron chi connectivity index (χ2n) is 4.43. The largest absolute Gasteiger partial charge is 0.426 e. The number of carbonyl (C=O) groups excluding carboxylic acids is 1. The van der Waals surface area contributed by atoms with Crippen molar-refractivity contribution in [1.29, 1.82) is 0 Å². The zero-order chi connectivity index (χ0) is 16.7. The topological polar surface area (TPSA) is 47.9 Å². The smallest absolute Gasteiger partial charge is 0.316 e. The Hall–Kier alpha value is -1.75. The number of halogens is 3. The molecular formula is C16H12Cl3NO3. The molecular weight excluding hydrogens is 361 g/mol. The van der Waals surface area contributed by atoms with Crippen LogP contribution >= 0.6 is 34.8 Å². The van der Waals surface area contributed by atoms with Crippen LogP contribution < -0.4 is 4.74 Å². The van der Waals surface area contributed by atoms with Crippen LogP contribution in [0.1, 0.15) is 12.0 Å². The molecule has 0 atom stereocenters. The van der Waals surface area contributed by atoms with Crippen LogP contribution in [-0.4, -0.2) is 12.2 Å². The molecule has 7 heteroatoms. The van der Waals surface area contributed by atoms with Gasteiger partial charge < -0.3 is 9.57 Å². The molecule has 0 radical (unpaired) electrons. The summed E-state index contributed by atoms with van der Waals surface area (Å²) in [4.78, 5) is 16.7. The molecule has 0 aliphatic heterocycles. The van der Waals surface area contributed by atoms with Gasteiger partial charge in [0.25, 0.3) is 0 Å². The molecule has 4 nitrogen and oxygen atoms in total. The van der Waals surface area contributed by atoms with Gasteiger partial charge in [-0.1, -0.05) is 46.0 Å². The molecule has 2 aromatic carbocycles. The summed E-state index contributed by atoms with van der Waals surface area (Å²) in [5, 5.41) is 5.30. The number of rotatable bonds is 6. The molecule has 23 heavy (non-hydrogen) atoms. The highest BCUT2D eigenvalue weighted by atomic mass is 35.5. The predicted molar refractivity (Wildman–Crippen MR) is 91.4 cm³/mol. The molecule has 2 rings (SSSR count). The molecule has 0 aromatic heterocycles. The van der Waals surface area contributed by atoms with Gasteiger partial charge in [-0.15, -0.1) is 0 Å². The van der Waals surface area contributed by atoms with Gasteiger partial charge in [0.15, 0.2) is 0 Å². The first-order valence-corrected chi connectivity index (χ1v) is 7.72. The monoisotopic (exact) mass is 371 g/mol. The minimum Gasteiger partial charge on any atom is -0.426 e. The zero-order valence-electron chi connectivity index (χ0n) is 11.8. The van der Waals surface area contributed by atoms with Crippen molar-refractivity contribution in [2.45, 2.75) is 13.0 Å². The van der Waals surface area contributed by atoms with E-state index in [9.17, 15) is 4.79 Å². The molecule has 0 aliphatic rings.